The third kappa shape index (κ3) is 3.81. The fourth-order valence-electron chi connectivity index (χ4n) is 3.03. The molecule has 4 nitrogen and oxygen atoms in total. The molecule has 0 saturated carbocycles. The van der Waals surface area contributed by atoms with Crippen molar-refractivity contribution in [2.75, 3.05) is 19.6 Å². The van der Waals surface area contributed by atoms with Crippen LogP contribution in [-0.2, 0) is 4.79 Å². The van der Waals surface area contributed by atoms with Crippen LogP contribution in [0.1, 0.15) is 37.7 Å². The molecule has 1 aliphatic heterocycles. The van der Waals surface area contributed by atoms with E-state index in [9.17, 15) is 4.79 Å². The monoisotopic (exact) mass is 275 g/mol. The average molecular weight is 275 g/mol. The molecule has 1 amide bonds. The van der Waals surface area contributed by atoms with Crippen molar-refractivity contribution in [2.45, 2.75) is 32.1 Å². The van der Waals surface area contributed by atoms with Crippen LogP contribution >= 0.6 is 0 Å². The van der Waals surface area contributed by atoms with Gasteiger partial charge in [0.25, 0.3) is 0 Å². The Labute approximate surface area is 121 Å². The molecule has 0 spiro atoms. The largest absolute Gasteiger partial charge is 0.302 e. The van der Waals surface area contributed by atoms with Crippen molar-refractivity contribution in [2.24, 2.45) is 11.8 Å². The summed E-state index contributed by atoms with van der Waals surface area (Å²) in [6, 6.07) is 9.91. The summed E-state index contributed by atoms with van der Waals surface area (Å²) in [5.41, 5.74) is 3.35. The first-order valence-corrected chi connectivity index (χ1v) is 7.52. The number of nitrogens with two attached hydrogens (primary N) is 1. The van der Waals surface area contributed by atoms with Crippen molar-refractivity contribution in [1.82, 2.24) is 10.3 Å². The normalized spacial score (nSPS) is 21.4. The fourth-order valence-corrected chi connectivity index (χ4v) is 3.03. The molecule has 2 atom stereocenters. The maximum Gasteiger partial charge on any atom is 0.242 e. The maximum atomic E-state index is 12.1. The molecule has 0 aromatic heterocycles. The van der Waals surface area contributed by atoms with E-state index in [4.69, 9.17) is 5.84 Å². The summed E-state index contributed by atoms with van der Waals surface area (Å²) in [6.45, 7) is 5.17. The highest BCUT2D eigenvalue weighted by atomic mass is 16.2. The van der Waals surface area contributed by atoms with E-state index in [-0.39, 0.29) is 11.8 Å². The van der Waals surface area contributed by atoms with E-state index >= 15 is 0 Å². The van der Waals surface area contributed by atoms with E-state index in [1.807, 2.05) is 30.3 Å². The van der Waals surface area contributed by atoms with Crippen LogP contribution in [-0.4, -0.2) is 30.4 Å². The zero-order chi connectivity index (χ0) is 14.4. The number of rotatable bonds is 5. The highest BCUT2D eigenvalue weighted by molar-refractivity contribution is 5.83. The van der Waals surface area contributed by atoms with Crippen molar-refractivity contribution in [3.8, 4) is 0 Å². The van der Waals surface area contributed by atoms with E-state index in [0.717, 1.165) is 31.1 Å². The van der Waals surface area contributed by atoms with E-state index in [2.05, 4.69) is 17.2 Å². The maximum absolute atomic E-state index is 12.1. The third-order valence-electron chi connectivity index (χ3n) is 4.28. The summed E-state index contributed by atoms with van der Waals surface area (Å²) < 4.78 is 0. The molecule has 0 radical (unpaired) electrons. The molecule has 3 N–H and O–H groups in total. The van der Waals surface area contributed by atoms with Crippen LogP contribution in [0.4, 0.5) is 0 Å². The predicted octanol–water partition coefficient (Wildman–Crippen LogP) is 1.88. The Hall–Kier alpha value is -1.39. The van der Waals surface area contributed by atoms with Gasteiger partial charge in [-0.2, -0.15) is 0 Å². The summed E-state index contributed by atoms with van der Waals surface area (Å²) in [5.74, 6) is 5.83. The molecule has 1 aliphatic rings. The topological polar surface area (TPSA) is 58.4 Å². The SMILES string of the molecule is CCC1CCCN(CC(C(=O)NN)c2ccccc2)C1. The molecular weight excluding hydrogens is 250 g/mol. The Morgan fingerprint density at radius 3 is 2.85 bits per heavy atom. The van der Waals surface area contributed by atoms with Crippen LogP contribution in [0.5, 0.6) is 0 Å². The van der Waals surface area contributed by atoms with Gasteiger partial charge in [0.15, 0.2) is 0 Å². The summed E-state index contributed by atoms with van der Waals surface area (Å²) in [7, 11) is 0. The Kier molecular flexibility index (Phi) is 5.56. The van der Waals surface area contributed by atoms with Crippen molar-refractivity contribution in [3.63, 3.8) is 0 Å². The Morgan fingerprint density at radius 2 is 2.20 bits per heavy atom. The zero-order valence-corrected chi connectivity index (χ0v) is 12.2. The molecule has 0 aliphatic carbocycles. The number of hydrogen-bond acceptors (Lipinski definition) is 3. The fraction of sp³-hybridized carbons (Fsp3) is 0.562. The van der Waals surface area contributed by atoms with Gasteiger partial charge in [-0.1, -0.05) is 43.7 Å². The Balaban J connectivity index is 2.06. The number of amides is 1. The van der Waals surface area contributed by atoms with Gasteiger partial charge in [-0.3, -0.25) is 10.2 Å². The van der Waals surface area contributed by atoms with E-state index in [0.29, 0.717) is 0 Å². The minimum atomic E-state index is -0.184. The van der Waals surface area contributed by atoms with Crippen molar-refractivity contribution >= 4 is 5.91 Å². The van der Waals surface area contributed by atoms with Crippen LogP contribution in [0.25, 0.3) is 0 Å². The Morgan fingerprint density at radius 1 is 1.45 bits per heavy atom. The number of nitrogens with zero attached hydrogens (tertiary/aromatic N) is 1. The van der Waals surface area contributed by atoms with E-state index in [1.54, 1.807) is 0 Å². The number of nitrogens with one attached hydrogen (secondary N) is 1. The molecular formula is C16H25N3O. The van der Waals surface area contributed by atoms with Gasteiger partial charge in [-0.25, -0.2) is 5.84 Å². The number of carbonyl (C=O) groups is 1. The van der Waals surface area contributed by atoms with Gasteiger partial charge < -0.3 is 4.90 Å². The lowest BCUT2D eigenvalue weighted by Crippen LogP contribution is -2.43. The number of hydrogen-bond donors (Lipinski definition) is 2. The molecule has 20 heavy (non-hydrogen) atoms. The highest BCUT2D eigenvalue weighted by Crippen LogP contribution is 2.23. The molecule has 2 unspecified atom stereocenters. The number of hydrazine groups is 1. The first-order valence-electron chi connectivity index (χ1n) is 7.52. The standard InChI is InChI=1S/C16H25N3O/c1-2-13-7-6-10-19(11-13)12-15(16(20)18-17)14-8-4-3-5-9-14/h3-5,8-9,13,15H,2,6-7,10-12,17H2,1H3,(H,18,20). The third-order valence-corrected chi connectivity index (χ3v) is 4.28. The van der Waals surface area contributed by atoms with E-state index in [1.165, 1.54) is 19.3 Å². The molecule has 1 aromatic rings. The predicted molar refractivity (Wildman–Crippen MR) is 81.0 cm³/mol. The number of likely N-dealkylation sites (tertiary alicyclic amines) is 1. The number of benzene rings is 1. The lowest BCUT2D eigenvalue weighted by Gasteiger charge is -2.34. The lowest BCUT2D eigenvalue weighted by molar-refractivity contribution is -0.123. The van der Waals surface area contributed by atoms with Gasteiger partial charge in [-0.05, 0) is 30.9 Å². The molecule has 1 saturated heterocycles. The van der Waals surface area contributed by atoms with Gasteiger partial charge >= 0.3 is 0 Å². The second-order valence-corrected chi connectivity index (χ2v) is 5.65. The first-order chi connectivity index (χ1) is 9.74. The first kappa shape index (κ1) is 15.0. The summed E-state index contributed by atoms with van der Waals surface area (Å²) >= 11 is 0. The van der Waals surface area contributed by atoms with Crippen LogP contribution < -0.4 is 11.3 Å². The summed E-state index contributed by atoms with van der Waals surface area (Å²) in [6.07, 6.45) is 3.76. The zero-order valence-electron chi connectivity index (χ0n) is 12.2. The van der Waals surface area contributed by atoms with Crippen LogP contribution in [0, 0.1) is 5.92 Å². The van der Waals surface area contributed by atoms with Crippen molar-refractivity contribution in [3.05, 3.63) is 35.9 Å². The van der Waals surface area contributed by atoms with E-state index < -0.39 is 0 Å². The number of piperidine rings is 1. The van der Waals surface area contributed by atoms with Gasteiger partial charge in [0.05, 0.1) is 5.92 Å². The molecule has 1 aromatic carbocycles. The van der Waals surface area contributed by atoms with Crippen LogP contribution in [0.3, 0.4) is 0 Å². The highest BCUT2D eigenvalue weighted by Gasteiger charge is 2.26. The molecule has 1 heterocycles. The molecule has 110 valence electrons. The molecule has 1 fully saturated rings. The van der Waals surface area contributed by atoms with Crippen LogP contribution in [0.2, 0.25) is 0 Å². The van der Waals surface area contributed by atoms with Gasteiger partial charge in [0.2, 0.25) is 5.91 Å². The second kappa shape index (κ2) is 7.41. The van der Waals surface area contributed by atoms with Crippen molar-refractivity contribution in [1.29, 1.82) is 0 Å². The lowest BCUT2D eigenvalue weighted by atomic mass is 9.92. The summed E-state index contributed by atoms with van der Waals surface area (Å²) in [5, 5.41) is 0. The Bertz CT molecular complexity index is 421. The van der Waals surface area contributed by atoms with Crippen molar-refractivity contribution < 1.29 is 4.79 Å². The van der Waals surface area contributed by atoms with Gasteiger partial charge in [0, 0.05) is 13.1 Å². The quantitative estimate of drug-likeness (QED) is 0.490. The molecule has 0 bridgehead atoms. The van der Waals surface area contributed by atoms with Crippen LogP contribution in [0.15, 0.2) is 30.3 Å². The molecule has 4 heteroatoms. The minimum absolute atomic E-state index is 0.102. The van der Waals surface area contributed by atoms with Gasteiger partial charge in [-0.15, -0.1) is 0 Å². The minimum Gasteiger partial charge on any atom is -0.302 e. The molecule has 2 rings (SSSR count). The average Bonchev–Trinajstić information content (AvgIpc) is 2.53. The second-order valence-electron chi connectivity index (χ2n) is 5.65. The van der Waals surface area contributed by atoms with Gasteiger partial charge in [0.1, 0.15) is 0 Å². The number of carbonyl (C=O) groups excluding carboxylic acids is 1. The summed E-state index contributed by atoms with van der Waals surface area (Å²) in [4.78, 5) is 14.5. The smallest absolute Gasteiger partial charge is 0.242 e.